The maximum atomic E-state index is 9.94. The van der Waals surface area contributed by atoms with Gasteiger partial charge in [-0.05, 0) is 25.7 Å². The van der Waals surface area contributed by atoms with Gasteiger partial charge in [-0.1, -0.05) is 95.9 Å². The van der Waals surface area contributed by atoms with Crippen molar-refractivity contribution in [2.45, 2.75) is 110 Å². The molecule has 23 heavy (non-hydrogen) atoms. The first kappa shape index (κ1) is 22.4. The molecule has 0 fully saturated rings. The van der Waals surface area contributed by atoms with Crippen LogP contribution in [0.4, 0.5) is 0 Å². The van der Waals surface area contributed by atoms with Gasteiger partial charge < -0.3 is 10.2 Å². The Morgan fingerprint density at radius 1 is 0.696 bits per heavy atom. The molecule has 2 N–H and O–H groups in total. The fraction of sp³-hybridized carbons (Fsp3) is 0.810. The molecule has 0 aromatic heterocycles. The van der Waals surface area contributed by atoms with E-state index in [1.54, 1.807) is 6.08 Å². The van der Waals surface area contributed by atoms with Crippen LogP contribution >= 0.6 is 0 Å². The molecule has 0 aromatic carbocycles. The van der Waals surface area contributed by atoms with Gasteiger partial charge in [-0.15, -0.1) is 0 Å². The summed E-state index contributed by atoms with van der Waals surface area (Å²) in [4.78, 5) is 0. The van der Waals surface area contributed by atoms with E-state index in [0.29, 0.717) is 6.42 Å². The summed E-state index contributed by atoms with van der Waals surface area (Å²) in [5.74, 6) is 0. The van der Waals surface area contributed by atoms with Crippen LogP contribution in [0.1, 0.15) is 97.3 Å². The summed E-state index contributed by atoms with van der Waals surface area (Å²) in [6, 6.07) is 0. The van der Waals surface area contributed by atoms with Crippen LogP contribution in [0.3, 0.4) is 0 Å². The van der Waals surface area contributed by atoms with Gasteiger partial charge in [0.1, 0.15) is 0 Å². The van der Waals surface area contributed by atoms with Gasteiger partial charge in [0.25, 0.3) is 0 Å². The standard InChI is InChI=1S/C21H40O2/c1-3-5-7-9-11-13-15-17-19-21(23)20(22)18-16-14-12-10-8-6-4-2/h11,13,17,19-23H,3-10,12,14-16,18H2,1-2H3/b13-11-,19-17-/t20-,21-/m1/s1. The summed E-state index contributed by atoms with van der Waals surface area (Å²) in [5.41, 5.74) is 0. The summed E-state index contributed by atoms with van der Waals surface area (Å²) in [7, 11) is 0. The van der Waals surface area contributed by atoms with Crippen molar-refractivity contribution >= 4 is 0 Å². The van der Waals surface area contributed by atoms with E-state index in [4.69, 9.17) is 0 Å². The first-order valence-electron chi connectivity index (χ1n) is 9.90. The van der Waals surface area contributed by atoms with Crippen LogP contribution in [-0.2, 0) is 0 Å². The Balaban J connectivity index is 3.56. The van der Waals surface area contributed by atoms with Gasteiger partial charge >= 0.3 is 0 Å². The normalized spacial score (nSPS) is 14.8. The number of unbranched alkanes of at least 4 members (excludes halogenated alkanes) is 9. The maximum Gasteiger partial charge on any atom is 0.0980 e. The Bertz CT molecular complexity index is 284. The highest BCUT2D eigenvalue weighted by Gasteiger charge is 2.11. The maximum absolute atomic E-state index is 9.94. The molecule has 0 heterocycles. The quantitative estimate of drug-likeness (QED) is 0.273. The van der Waals surface area contributed by atoms with E-state index >= 15 is 0 Å². The molecule has 0 saturated heterocycles. The molecule has 0 unspecified atom stereocenters. The Hall–Kier alpha value is -0.600. The van der Waals surface area contributed by atoms with Crippen molar-refractivity contribution in [3.8, 4) is 0 Å². The van der Waals surface area contributed by atoms with Crippen LogP contribution in [0.15, 0.2) is 24.3 Å². The predicted octanol–water partition coefficient (Wildman–Crippen LogP) is 5.93. The predicted molar refractivity (Wildman–Crippen MR) is 102 cm³/mol. The third-order valence-electron chi connectivity index (χ3n) is 4.24. The van der Waals surface area contributed by atoms with E-state index in [2.05, 4.69) is 26.0 Å². The largest absolute Gasteiger partial charge is 0.390 e. The zero-order chi connectivity index (χ0) is 17.2. The molecule has 0 spiro atoms. The van der Waals surface area contributed by atoms with Crippen molar-refractivity contribution < 1.29 is 10.2 Å². The molecule has 2 atom stereocenters. The molecule has 0 bridgehead atoms. The summed E-state index contributed by atoms with van der Waals surface area (Å²) in [6.45, 7) is 4.44. The topological polar surface area (TPSA) is 40.5 Å². The highest BCUT2D eigenvalue weighted by Crippen LogP contribution is 2.12. The van der Waals surface area contributed by atoms with Crippen LogP contribution in [0.2, 0.25) is 0 Å². The molecule has 136 valence electrons. The van der Waals surface area contributed by atoms with Crippen molar-refractivity contribution in [2.75, 3.05) is 0 Å². The lowest BCUT2D eigenvalue weighted by Crippen LogP contribution is -2.23. The second-order valence-corrected chi connectivity index (χ2v) is 6.60. The minimum Gasteiger partial charge on any atom is -0.390 e. The molecule has 0 aliphatic carbocycles. The lowest BCUT2D eigenvalue weighted by atomic mass is 10.0. The van der Waals surface area contributed by atoms with Gasteiger partial charge in [0.2, 0.25) is 0 Å². The van der Waals surface area contributed by atoms with Crippen LogP contribution in [0, 0.1) is 0 Å². The molecule has 0 rings (SSSR count). The van der Waals surface area contributed by atoms with Crippen molar-refractivity contribution in [3.05, 3.63) is 24.3 Å². The average Bonchev–Trinajstić information content (AvgIpc) is 2.56. The first-order valence-corrected chi connectivity index (χ1v) is 9.90. The lowest BCUT2D eigenvalue weighted by Gasteiger charge is -2.14. The van der Waals surface area contributed by atoms with E-state index in [1.165, 1.54) is 51.4 Å². The number of rotatable bonds is 16. The van der Waals surface area contributed by atoms with Gasteiger partial charge in [-0.25, -0.2) is 0 Å². The van der Waals surface area contributed by atoms with Crippen LogP contribution in [0.5, 0.6) is 0 Å². The molecule has 0 aliphatic rings. The Labute approximate surface area is 144 Å². The van der Waals surface area contributed by atoms with Crippen LogP contribution in [0.25, 0.3) is 0 Å². The third-order valence-corrected chi connectivity index (χ3v) is 4.24. The monoisotopic (exact) mass is 324 g/mol. The number of hydrogen-bond acceptors (Lipinski definition) is 2. The number of allylic oxidation sites excluding steroid dienone is 3. The fourth-order valence-corrected chi connectivity index (χ4v) is 2.63. The van der Waals surface area contributed by atoms with Crippen LogP contribution < -0.4 is 0 Å². The first-order chi connectivity index (χ1) is 11.2. The number of hydrogen-bond donors (Lipinski definition) is 2. The molecule has 0 aromatic rings. The lowest BCUT2D eigenvalue weighted by molar-refractivity contribution is 0.0413. The van der Waals surface area contributed by atoms with E-state index < -0.39 is 12.2 Å². The van der Waals surface area contributed by atoms with Crippen LogP contribution in [-0.4, -0.2) is 22.4 Å². The molecular formula is C21H40O2. The van der Waals surface area contributed by atoms with Crippen molar-refractivity contribution in [3.63, 3.8) is 0 Å². The minimum atomic E-state index is -0.719. The zero-order valence-corrected chi connectivity index (χ0v) is 15.6. The second-order valence-electron chi connectivity index (χ2n) is 6.60. The molecule has 0 radical (unpaired) electrons. The highest BCUT2D eigenvalue weighted by molar-refractivity contribution is 4.97. The molecule has 2 heteroatoms. The van der Waals surface area contributed by atoms with E-state index in [1.807, 2.05) is 6.08 Å². The summed E-state index contributed by atoms with van der Waals surface area (Å²) >= 11 is 0. The molecule has 0 amide bonds. The summed E-state index contributed by atoms with van der Waals surface area (Å²) in [6.07, 6.45) is 21.9. The zero-order valence-electron chi connectivity index (χ0n) is 15.6. The fourth-order valence-electron chi connectivity index (χ4n) is 2.63. The van der Waals surface area contributed by atoms with Crippen molar-refractivity contribution in [1.29, 1.82) is 0 Å². The van der Waals surface area contributed by atoms with Gasteiger partial charge in [-0.2, -0.15) is 0 Å². The van der Waals surface area contributed by atoms with E-state index in [-0.39, 0.29) is 0 Å². The van der Waals surface area contributed by atoms with Gasteiger partial charge in [0, 0.05) is 0 Å². The second kappa shape index (κ2) is 17.7. The summed E-state index contributed by atoms with van der Waals surface area (Å²) in [5, 5.41) is 19.8. The Kier molecular flexibility index (Phi) is 17.3. The van der Waals surface area contributed by atoms with E-state index in [0.717, 1.165) is 25.7 Å². The SMILES string of the molecule is CCCCC/C=C\C/C=C\[C@@H](O)[C@H](O)CCCCCCCCC. The molecule has 0 saturated carbocycles. The minimum absolute atomic E-state index is 0.615. The van der Waals surface area contributed by atoms with E-state index in [9.17, 15) is 10.2 Å². The van der Waals surface area contributed by atoms with Crippen molar-refractivity contribution in [2.24, 2.45) is 0 Å². The number of aliphatic hydroxyl groups is 2. The Morgan fingerprint density at radius 3 is 2.00 bits per heavy atom. The molecular weight excluding hydrogens is 284 g/mol. The smallest absolute Gasteiger partial charge is 0.0980 e. The van der Waals surface area contributed by atoms with Gasteiger partial charge in [-0.3, -0.25) is 0 Å². The van der Waals surface area contributed by atoms with Gasteiger partial charge in [0.05, 0.1) is 12.2 Å². The number of aliphatic hydroxyl groups excluding tert-OH is 2. The molecule has 2 nitrogen and oxygen atoms in total. The van der Waals surface area contributed by atoms with Crippen molar-refractivity contribution in [1.82, 2.24) is 0 Å². The molecule has 0 aliphatic heterocycles. The highest BCUT2D eigenvalue weighted by atomic mass is 16.3. The van der Waals surface area contributed by atoms with Gasteiger partial charge in [0.15, 0.2) is 0 Å². The average molecular weight is 325 g/mol. The third kappa shape index (κ3) is 16.1. The summed E-state index contributed by atoms with van der Waals surface area (Å²) < 4.78 is 0. The Morgan fingerprint density at radius 2 is 1.30 bits per heavy atom.